The van der Waals surface area contributed by atoms with Crippen LogP contribution in [0.3, 0.4) is 0 Å². The fourth-order valence-corrected chi connectivity index (χ4v) is 3.77. The molecule has 0 bridgehead atoms. The summed E-state index contributed by atoms with van der Waals surface area (Å²) in [6.07, 6.45) is 4.23. The van der Waals surface area contributed by atoms with Crippen molar-refractivity contribution in [2.75, 3.05) is 31.7 Å². The van der Waals surface area contributed by atoms with Gasteiger partial charge in [-0.3, -0.25) is 4.98 Å². The number of ether oxygens (including phenoxy) is 1. The highest BCUT2D eigenvalue weighted by Crippen LogP contribution is 2.36. The molecular weight excluding hydrogens is 314 g/mol. The summed E-state index contributed by atoms with van der Waals surface area (Å²) in [4.78, 5) is 4.48. The predicted octanol–water partition coefficient (Wildman–Crippen LogP) is 3.31. The van der Waals surface area contributed by atoms with E-state index in [9.17, 15) is 10.4 Å². The summed E-state index contributed by atoms with van der Waals surface area (Å²) in [6.45, 7) is 6.44. The number of fused-ring (bicyclic) bond motifs is 1. The number of nitrogens with one attached hydrogen (secondary N) is 1. The van der Waals surface area contributed by atoms with Gasteiger partial charge in [-0.05, 0) is 50.2 Å². The fourth-order valence-electron chi connectivity index (χ4n) is 3.77. The molecule has 0 saturated carbocycles. The summed E-state index contributed by atoms with van der Waals surface area (Å²) in [5.74, 6) is 0. The van der Waals surface area contributed by atoms with Crippen molar-refractivity contribution in [1.29, 1.82) is 5.26 Å². The maximum atomic E-state index is 9.53. The van der Waals surface area contributed by atoms with Gasteiger partial charge < -0.3 is 15.2 Å². The molecule has 1 aromatic heterocycles. The molecule has 0 spiro atoms. The Labute approximate surface area is 148 Å². The average molecular weight is 339 g/mol. The highest BCUT2D eigenvalue weighted by atomic mass is 16.5. The number of hydrogen-bond donors (Lipinski definition) is 2. The minimum atomic E-state index is 0.00812. The maximum Gasteiger partial charge on any atom is 0.103 e. The lowest BCUT2D eigenvalue weighted by Crippen LogP contribution is -2.37. The summed E-state index contributed by atoms with van der Waals surface area (Å²) in [7, 11) is 0. The van der Waals surface area contributed by atoms with Gasteiger partial charge in [-0.2, -0.15) is 5.26 Å². The van der Waals surface area contributed by atoms with Gasteiger partial charge in [-0.15, -0.1) is 0 Å². The van der Waals surface area contributed by atoms with Gasteiger partial charge in [0.2, 0.25) is 0 Å². The number of nitriles is 1. The van der Waals surface area contributed by atoms with Crippen molar-refractivity contribution in [1.82, 2.24) is 4.98 Å². The molecule has 0 aliphatic carbocycles. The third-order valence-corrected chi connectivity index (χ3v) is 5.26. The largest absolute Gasteiger partial charge is 0.396 e. The third-order valence-electron chi connectivity index (χ3n) is 5.26. The SMILES string of the molecule is Cc1cc(C)c2ncc(C#N)c(NCC3(CCO)CCOCC3)c2c1. The summed E-state index contributed by atoms with van der Waals surface area (Å²) in [6, 6.07) is 6.45. The second kappa shape index (κ2) is 7.38. The summed E-state index contributed by atoms with van der Waals surface area (Å²) in [5.41, 5.74) is 4.61. The number of aliphatic hydroxyl groups excluding tert-OH is 1. The molecule has 0 radical (unpaired) electrons. The Morgan fingerprint density at radius 3 is 2.76 bits per heavy atom. The van der Waals surface area contributed by atoms with Crippen LogP contribution in [0.1, 0.15) is 36.0 Å². The van der Waals surface area contributed by atoms with E-state index < -0.39 is 0 Å². The van der Waals surface area contributed by atoms with Crippen molar-refractivity contribution in [3.8, 4) is 6.07 Å². The van der Waals surface area contributed by atoms with Crippen molar-refractivity contribution in [3.05, 3.63) is 35.0 Å². The normalized spacial score (nSPS) is 16.6. The number of aromatic nitrogens is 1. The number of nitrogens with zero attached hydrogens (tertiary/aromatic N) is 2. The van der Waals surface area contributed by atoms with Gasteiger partial charge in [-0.1, -0.05) is 11.6 Å². The van der Waals surface area contributed by atoms with E-state index in [-0.39, 0.29) is 12.0 Å². The van der Waals surface area contributed by atoms with Gasteiger partial charge in [0.05, 0.1) is 16.8 Å². The first-order valence-corrected chi connectivity index (χ1v) is 8.81. The summed E-state index contributed by atoms with van der Waals surface area (Å²) in [5, 5.41) is 23.5. The molecule has 0 atom stereocenters. The number of hydrogen-bond acceptors (Lipinski definition) is 5. The Kier molecular flexibility index (Phi) is 5.22. The smallest absolute Gasteiger partial charge is 0.103 e. The van der Waals surface area contributed by atoms with Gasteiger partial charge in [0.25, 0.3) is 0 Å². The van der Waals surface area contributed by atoms with E-state index in [1.807, 2.05) is 6.92 Å². The highest BCUT2D eigenvalue weighted by Gasteiger charge is 2.32. The summed E-state index contributed by atoms with van der Waals surface area (Å²) < 4.78 is 5.50. The van der Waals surface area contributed by atoms with Crippen LogP contribution in [-0.4, -0.2) is 36.5 Å². The van der Waals surface area contributed by atoms with Gasteiger partial charge in [0.15, 0.2) is 0 Å². The molecule has 1 aliphatic heterocycles. The Morgan fingerprint density at radius 1 is 1.32 bits per heavy atom. The molecule has 132 valence electrons. The standard InChI is InChI=1S/C20H25N3O2/c1-14-9-15(2)18-17(10-14)19(16(11-21)12-22-18)23-13-20(3-6-24)4-7-25-8-5-20/h9-10,12,24H,3-8,13H2,1-2H3,(H,22,23). The molecule has 5 nitrogen and oxygen atoms in total. The van der Waals surface area contributed by atoms with Crippen LogP contribution in [0.25, 0.3) is 10.9 Å². The molecule has 25 heavy (non-hydrogen) atoms. The van der Waals surface area contributed by atoms with Gasteiger partial charge >= 0.3 is 0 Å². The van der Waals surface area contributed by atoms with Crippen molar-refractivity contribution in [2.45, 2.75) is 33.1 Å². The topological polar surface area (TPSA) is 78.2 Å². The highest BCUT2D eigenvalue weighted by molar-refractivity contribution is 5.96. The van der Waals surface area contributed by atoms with Gasteiger partial charge in [-0.25, -0.2) is 0 Å². The van der Waals surface area contributed by atoms with Crippen LogP contribution in [-0.2, 0) is 4.74 Å². The molecule has 1 aliphatic rings. The number of benzene rings is 1. The Hall–Kier alpha value is -2.16. The first kappa shape index (κ1) is 17.7. The van der Waals surface area contributed by atoms with E-state index >= 15 is 0 Å². The zero-order chi connectivity index (χ0) is 17.9. The van der Waals surface area contributed by atoms with Crippen LogP contribution < -0.4 is 5.32 Å². The zero-order valence-corrected chi connectivity index (χ0v) is 14.9. The third kappa shape index (κ3) is 3.60. The van der Waals surface area contributed by atoms with Crippen LogP contribution in [0.4, 0.5) is 5.69 Å². The van der Waals surface area contributed by atoms with E-state index in [1.54, 1.807) is 6.20 Å². The van der Waals surface area contributed by atoms with Crippen LogP contribution in [0.15, 0.2) is 18.3 Å². The first-order chi connectivity index (χ1) is 12.1. The molecule has 1 saturated heterocycles. The number of aryl methyl sites for hydroxylation is 2. The number of rotatable bonds is 5. The molecule has 2 aromatic rings. The quantitative estimate of drug-likeness (QED) is 0.874. The van der Waals surface area contributed by atoms with E-state index in [2.05, 4.69) is 35.4 Å². The van der Waals surface area contributed by atoms with Crippen LogP contribution in [0.5, 0.6) is 0 Å². The van der Waals surface area contributed by atoms with Gasteiger partial charge in [0, 0.05) is 37.9 Å². The van der Waals surface area contributed by atoms with Crippen LogP contribution >= 0.6 is 0 Å². The minimum absolute atomic E-state index is 0.00812. The molecule has 0 amide bonds. The molecule has 3 rings (SSSR count). The number of aliphatic hydroxyl groups is 1. The van der Waals surface area contributed by atoms with Crippen molar-refractivity contribution < 1.29 is 9.84 Å². The molecule has 1 fully saturated rings. The lowest BCUT2D eigenvalue weighted by atomic mass is 9.77. The lowest BCUT2D eigenvalue weighted by molar-refractivity contribution is 0.00906. The van der Waals surface area contributed by atoms with E-state index in [0.717, 1.165) is 66.7 Å². The van der Waals surface area contributed by atoms with Gasteiger partial charge in [0.1, 0.15) is 6.07 Å². The maximum absolute atomic E-state index is 9.53. The minimum Gasteiger partial charge on any atom is -0.396 e. The van der Waals surface area contributed by atoms with Crippen LogP contribution in [0.2, 0.25) is 0 Å². The van der Waals surface area contributed by atoms with E-state index in [1.165, 1.54) is 0 Å². The number of anilines is 1. The Bertz CT molecular complexity index is 799. The number of pyridine rings is 1. The van der Waals surface area contributed by atoms with E-state index in [0.29, 0.717) is 5.56 Å². The fraction of sp³-hybridized carbons (Fsp3) is 0.500. The van der Waals surface area contributed by atoms with Crippen molar-refractivity contribution >= 4 is 16.6 Å². The Morgan fingerprint density at radius 2 is 2.08 bits per heavy atom. The molecule has 5 heteroatoms. The molecule has 1 aromatic carbocycles. The van der Waals surface area contributed by atoms with Crippen molar-refractivity contribution in [3.63, 3.8) is 0 Å². The Balaban J connectivity index is 1.98. The van der Waals surface area contributed by atoms with Crippen molar-refractivity contribution in [2.24, 2.45) is 5.41 Å². The molecule has 2 heterocycles. The summed E-state index contributed by atoms with van der Waals surface area (Å²) >= 11 is 0. The van der Waals surface area contributed by atoms with Crippen LogP contribution in [0, 0.1) is 30.6 Å². The molecular formula is C20H25N3O2. The lowest BCUT2D eigenvalue weighted by Gasteiger charge is -2.37. The predicted molar refractivity (Wildman–Crippen MR) is 98.6 cm³/mol. The molecule has 0 unspecified atom stereocenters. The average Bonchev–Trinajstić information content (AvgIpc) is 2.60. The zero-order valence-electron chi connectivity index (χ0n) is 14.9. The van der Waals surface area contributed by atoms with E-state index in [4.69, 9.17) is 4.74 Å². The second-order valence-corrected chi connectivity index (χ2v) is 7.08. The first-order valence-electron chi connectivity index (χ1n) is 8.81. The second-order valence-electron chi connectivity index (χ2n) is 7.08. The molecule has 2 N–H and O–H groups in total. The monoisotopic (exact) mass is 339 g/mol.